The maximum atomic E-state index is 12.2. The fourth-order valence-electron chi connectivity index (χ4n) is 1.51. The van der Waals surface area contributed by atoms with Crippen LogP contribution in [0.1, 0.15) is 54.9 Å². The van der Waals surface area contributed by atoms with E-state index in [-0.39, 0.29) is 17.4 Å². The molecule has 0 aliphatic rings. The van der Waals surface area contributed by atoms with Crippen LogP contribution in [0.5, 0.6) is 0 Å². The van der Waals surface area contributed by atoms with Crippen LogP contribution in [-0.2, 0) is 14.0 Å². The third kappa shape index (κ3) is 6.62. The Morgan fingerprint density at radius 2 is 1.67 bits per heavy atom. The van der Waals surface area contributed by atoms with Crippen molar-refractivity contribution >= 4 is 14.3 Å². The third-order valence-electron chi connectivity index (χ3n) is 3.88. The quantitative estimate of drug-likeness (QED) is 0.562. The highest BCUT2D eigenvalue weighted by Crippen LogP contribution is 2.38. The number of nitriles is 1. The standard InChI is InChI=1S/C16H31NO3Si/c1-12(14(18)19-15(2,3)4)13(10-11-17)20-21(8,9)16(5,6)7/h12-13H,10H2,1-9H3. The molecular weight excluding hydrogens is 282 g/mol. The molecule has 21 heavy (non-hydrogen) atoms. The molecule has 0 bridgehead atoms. The van der Waals surface area contributed by atoms with Crippen molar-refractivity contribution in [1.29, 1.82) is 5.26 Å². The molecule has 0 aliphatic heterocycles. The number of carbonyl (C=O) groups is 1. The Hall–Kier alpha value is -0.863. The molecule has 4 nitrogen and oxygen atoms in total. The number of nitrogens with zero attached hydrogens (tertiary/aromatic N) is 1. The molecule has 0 saturated carbocycles. The van der Waals surface area contributed by atoms with Gasteiger partial charge in [-0.15, -0.1) is 0 Å². The van der Waals surface area contributed by atoms with Gasteiger partial charge in [0.15, 0.2) is 8.32 Å². The van der Waals surface area contributed by atoms with Gasteiger partial charge in [-0.25, -0.2) is 0 Å². The van der Waals surface area contributed by atoms with E-state index in [4.69, 9.17) is 14.4 Å². The van der Waals surface area contributed by atoms with Gasteiger partial charge >= 0.3 is 5.97 Å². The first kappa shape index (κ1) is 20.1. The highest BCUT2D eigenvalue weighted by atomic mass is 28.4. The molecule has 0 spiro atoms. The van der Waals surface area contributed by atoms with Gasteiger partial charge in [0.25, 0.3) is 0 Å². The van der Waals surface area contributed by atoms with Crippen molar-refractivity contribution in [2.75, 3.05) is 0 Å². The first-order chi connectivity index (χ1) is 9.21. The van der Waals surface area contributed by atoms with Crippen LogP contribution in [0.15, 0.2) is 0 Å². The zero-order valence-corrected chi connectivity index (χ0v) is 16.0. The summed E-state index contributed by atoms with van der Waals surface area (Å²) in [5.74, 6) is -0.751. The number of carbonyl (C=O) groups excluding carboxylic acids is 1. The summed E-state index contributed by atoms with van der Waals surface area (Å²) in [5.41, 5.74) is -0.528. The number of hydrogen-bond donors (Lipinski definition) is 0. The Bertz CT molecular complexity index is 399. The topological polar surface area (TPSA) is 59.3 Å². The minimum Gasteiger partial charge on any atom is -0.460 e. The van der Waals surface area contributed by atoms with E-state index in [0.29, 0.717) is 0 Å². The van der Waals surface area contributed by atoms with Gasteiger partial charge in [0.2, 0.25) is 0 Å². The summed E-state index contributed by atoms with van der Waals surface area (Å²) in [6.45, 7) is 18.0. The Morgan fingerprint density at radius 1 is 1.19 bits per heavy atom. The fraction of sp³-hybridized carbons (Fsp3) is 0.875. The highest BCUT2D eigenvalue weighted by Gasteiger charge is 2.41. The van der Waals surface area contributed by atoms with Gasteiger partial charge in [-0.2, -0.15) is 5.26 Å². The number of hydrogen-bond acceptors (Lipinski definition) is 4. The summed E-state index contributed by atoms with van der Waals surface area (Å²) >= 11 is 0. The maximum Gasteiger partial charge on any atom is 0.311 e. The molecule has 0 fully saturated rings. The summed E-state index contributed by atoms with van der Waals surface area (Å²) in [4.78, 5) is 12.2. The normalized spacial score (nSPS) is 16.0. The van der Waals surface area contributed by atoms with E-state index in [9.17, 15) is 4.79 Å². The van der Waals surface area contributed by atoms with Crippen LogP contribution in [0.3, 0.4) is 0 Å². The van der Waals surface area contributed by atoms with Crippen LogP contribution in [0.2, 0.25) is 18.1 Å². The van der Waals surface area contributed by atoms with Crippen molar-refractivity contribution in [1.82, 2.24) is 0 Å². The first-order valence-electron chi connectivity index (χ1n) is 7.49. The molecule has 0 amide bonds. The molecule has 122 valence electrons. The second-order valence-corrected chi connectivity index (χ2v) is 12.9. The van der Waals surface area contributed by atoms with Crippen LogP contribution in [0, 0.1) is 17.2 Å². The Labute approximate surface area is 130 Å². The van der Waals surface area contributed by atoms with E-state index in [0.717, 1.165) is 0 Å². The summed E-state index contributed by atoms with van der Waals surface area (Å²) in [7, 11) is -2.03. The smallest absolute Gasteiger partial charge is 0.311 e. The molecule has 0 rings (SSSR count). The molecule has 2 atom stereocenters. The molecule has 0 aromatic rings. The molecule has 0 aliphatic carbocycles. The van der Waals surface area contributed by atoms with Gasteiger partial charge < -0.3 is 9.16 Å². The molecule has 0 heterocycles. The van der Waals surface area contributed by atoms with Gasteiger partial charge in [-0.1, -0.05) is 20.8 Å². The summed E-state index contributed by atoms with van der Waals surface area (Å²) < 4.78 is 11.7. The number of rotatable bonds is 5. The van der Waals surface area contributed by atoms with Crippen molar-refractivity contribution in [2.45, 2.75) is 84.7 Å². The molecule has 0 N–H and O–H groups in total. The van der Waals surface area contributed by atoms with E-state index in [1.165, 1.54) is 0 Å². The van der Waals surface area contributed by atoms with Gasteiger partial charge in [-0.3, -0.25) is 4.79 Å². The maximum absolute atomic E-state index is 12.2. The predicted octanol–water partition coefficient (Wildman–Crippen LogP) is 4.27. The average Bonchev–Trinajstić information content (AvgIpc) is 2.23. The van der Waals surface area contributed by atoms with Gasteiger partial charge in [0.05, 0.1) is 24.5 Å². The van der Waals surface area contributed by atoms with Crippen molar-refractivity contribution in [3.05, 3.63) is 0 Å². The average molecular weight is 314 g/mol. The monoisotopic (exact) mass is 313 g/mol. The van der Waals surface area contributed by atoms with Crippen molar-refractivity contribution in [3.8, 4) is 6.07 Å². The lowest BCUT2D eigenvalue weighted by Gasteiger charge is -2.40. The molecule has 5 heteroatoms. The summed E-state index contributed by atoms with van der Waals surface area (Å²) in [5, 5.41) is 9.07. The molecule has 0 aromatic heterocycles. The Balaban J connectivity index is 5.08. The summed E-state index contributed by atoms with van der Waals surface area (Å²) in [6, 6.07) is 2.13. The minimum absolute atomic E-state index is 0.0361. The highest BCUT2D eigenvalue weighted by molar-refractivity contribution is 6.74. The largest absolute Gasteiger partial charge is 0.460 e. The van der Waals surface area contributed by atoms with E-state index in [1.807, 2.05) is 20.8 Å². The van der Waals surface area contributed by atoms with E-state index < -0.39 is 25.9 Å². The second-order valence-electron chi connectivity index (χ2n) is 8.10. The van der Waals surface area contributed by atoms with Gasteiger partial charge in [-0.05, 0) is 45.8 Å². The van der Waals surface area contributed by atoms with Crippen LogP contribution in [0.4, 0.5) is 0 Å². The van der Waals surface area contributed by atoms with Crippen molar-refractivity contribution in [3.63, 3.8) is 0 Å². The lowest BCUT2D eigenvalue weighted by Crippen LogP contribution is -2.47. The van der Waals surface area contributed by atoms with Crippen LogP contribution in [-0.4, -0.2) is 26.0 Å². The molecule has 2 unspecified atom stereocenters. The predicted molar refractivity (Wildman–Crippen MR) is 87.3 cm³/mol. The number of ether oxygens (including phenoxy) is 1. The van der Waals surface area contributed by atoms with Crippen LogP contribution in [0.25, 0.3) is 0 Å². The Kier molecular flexibility index (Phi) is 6.65. The molecule has 0 radical (unpaired) electrons. The lowest BCUT2D eigenvalue weighted by molar-refractivity contribution is -0.162. The zero-order valence-electron chi connectivity index (χ0n) is 15.0. The molecular formula is C16H31NO3Si. The third-order valence-corrected chi connectivity index (χ3v) is 8.39. The Morgan fingerprint density at radius 3 is 2.00 bits per heavy atom. The molecule has 0 saturated heterocycles. The second kappa shape index (κ2) is 6.93. The fourth-order valence-corrected chi connectivity index (χ4v) is 2.91. The summed E-state index contributed by atoms with van der Waals surface area (Å²) in [6.07, 6.45) is -0.210. The van der Waals surface area contributed by atoms with Crippen molar-refractivity contribution < 1.29 is 14.0 Å². The van der Waals surface area contributed by atoms with Gasteiger partial charge in [0, 0.05) is 0 Å². The minimum atomic E-state index is -2.03. The van der Waals surface area contributed by atoms with Crippen LogP contribution >= 0.6 is 0 Å². The zero-order chi connectivity index (χ0) is 17.1. The van der Waals surface area contributed by atoms with Crippen LogP contribution < -0.4 is 0 Å². The number of esters is 1. The van der Waals surface area contributed by atoms with E-state index >= 15 is 0 Å². The van der Waals surface area contributed by atoms with Gasteiger partial charge in [0.1, 0.15) is 5.60 Å². The first-order valence-corrected chi connectivity index (χ1v) is 10.4. The lowest BCUT2D eigenvalue weighted by atomic mass is 10.0. The van der Waals surface area contributed by atoms with E-state index in [2.05, 4.69) is 39.9 Å². The van der Waals surface area contributed by atoms with Crippen molar-refractivity contribution in [2.24, 2.45) is 5.92 Å². The molecule has 0 aromatic carbocycles. The SMILES string of the molecule is CC(C(=O)OC(C)(C)C)C(CC#N)O[Si](C)(C)C(C)(C)C. The van der Waals surface area contributed by atoms with E-state index in [1.54, 1.807) is 6.92 Å².